The molecule has 5 nitrogen and oxygen atoms in total. The van der Waals surface area contributed by atoms with Crippen LogP contribution in [0.3, 0.4) is 0 Å². The van der Waals surface area contributed by atoms with E-state index in [0.29, 0.717) is 23.9 Å². The maximum Gasteiger partial charge on any atom is 0.243 e. The summed E-state index contributed by atoms with van der Waals surface area (Å²) in [7, 11) is -3.40. The van der Waals surface area contributed by atoms with Gasteiger partial charge >= 0.3 is 0 Å². The highest BCUT2D eigenvalue weighted by molar-refractivity contribution is 7.89. The van der Waals surface area contributed by atoms with Gasteiger partial charge in [0.15, 0.2) is 0 Å². The molecule has 1 aromatic carbocycles. The van der Waals surface area contributed by atoms with Crippen LogP contribution in [0.15, 0.2) is 29.2 Å². The molecule has 0 unspecified atom stereocenters. The van der Waals surface area contributed by atoms with Gasteiger partial charge in [0.25, 0.3) is 0 Å². The van der Waals surface area contributed by atoms with Crippen LogP contribution in [0.2, 0.25) is 0 Å². The molecule has 0 amide bonds. The molecule has 7 heteroatoms. The minimum absolute atomic E-state index is 0.337. The highest BCUT2D eigenvalue weighted by Crippen LogP contribution is 2.34. The second-order valence-electron chi connectivity index (χ2n) is 8.06. The fourth-order valence-corrected chi connectivity index (χ4v) is 6.96. The number of aryl methyl sites for hydroxylation is 1. The van der Waals surface area contributed by atoms with E-state index in [0.717, 1.165) is 47.2 Å². The van der Waals surface area contributed by atoms with E-state index in [2.05, 4.69) is 17.1 Å². The van der Waals surface area contributed by atoms with Crippen LogP contribution < -0.4 is 0 Å². The summed E-state index contributed by atoms with van der Waals surface area (Å²) in [6.45, 7) is 3.18. The molecule has 0 atom stereocenters. The van der Waals surface area contributed by atoms with Gasteiger partial charge in [0.05, 0.1) is 4.90 Å². The van der Waals surface area contributed by atoms with Gasteiger partial charge in [0.2, 0.25) is 10.0 Å². The molecular weight excluding hydrogens is 390 g/mol. The van der Waals surface area contributed by atoms with Gasteiger partial charge in [-0.1, -0.05) is 44.7 Å². The van der Waals surface area contributed by atoms with Crippen molar-refractivity contribution in [3.8, 4) is 0 Å². The lowest BCUT2D eigenvalue weighted by molar-refractivity contribution is 0.318. The number of benzene rings is 1. The summed E-state index contributed by atoms with van der Waals surface area (Å²) in [5.41, 5.74) is 1.15. The van der Waals surface area contributed by atoms with Crippen molar-refractivity contribution >= 4 is 21.4 Å². The first kappa shape index (κ1) is 20.0. The Morgan fingerprint density at radius 3 is 2.36 bits per heavy atom. The second kappa shape index (κ2) is 8.59. The van der Waals surface area contributed by atoms with Crippen LogP contribution in [0.5, 0.6) is 0 Å². The Kier molecular flexibility index (Phi) is 6.13. The normalized spacial score (nSPS) is 20.0. The molecule has 1 saturated heterocycles. The predicted molar refractivity (Wildman–Crippen MR) is 112 cm³/mol. The quantitative estimate of drug-likeness (QED) is 0.696. The van der Waals surface area contributed by atoms with Crippen molar-refractivity contribution in [1.29, 1.82) is 0 Å². The zero-order valence-corrected chi connectivity index (χ0v) is 18.1. The van der Waals surface area contributed by atoms with E-state index in [-0.39, 0.29) is 0 Å². The third-order valence-electron chi connectivity index (χ3n) is 6.19. The number of rotatable bonds is 6. The highest BCUT2D eigenvalue weighted by atomic mass is 32.2. The Balaban J connectivity index is 1.36. The Labute approximate surface area is 172 Å². The van der Waals surface area contributed by atoms with Crippen molar-refractivity contribution < 1.29 is 8.42 Å². The first-order chi connectivity index (χ1) is 13.6. The number of nitrogens with zero attached hydrogens (tertiary/aromatic N) is 3. The average Bonchev–Trinajstić information content (AvgIpc) is 3.41. The van der Waals surface area contributed by atoms with E-state index in [1.807, 2.05) is 12.1 Å². The van der Waals surface area contributed by atoms with Crippen molar-refractivity contribution in [2.45, 2.75) is 69.1 Å². The summed E-state index contributed by atoms with van der Waals surface area (Å²) >= 11 is 1.75. The molecule has 2 fully saturated rings. The third kappa shape index (κ3) is 4.31. The number of hydrogen-bond donors (Lipinski definition) is 0. The molecular formula is C21H29N3O2S2. The maximum atomic E-state index is 12.9. The van der Waals surface area contributed by atoms with E-state index in [1.165, 1.54) is 25.7 Å². The minimum atomic E-state index is -3.40. The Hall–Kier alpha value is -1.31. The molecule has 4 rings (SSSR count). The molecule has 1 aliphatic heterocycles. The molecule has 0 spiro atoms. The van der Waals surface area contributed by atoms with Crippen LogP contribution in [-0.2, 0) is 22.9 Å². The average molecular weight is 420 g/mol. The molecule has 28 heavy (non-hydrogen) atoms. The van der Waals surface area contributed by atoms with Crippen LogP contribution in [0.4, 0.5) is 0 Å². The van der Waals surface area contributed by atoms with Gasteiger partial charge in [-0.3, -0.25) is 0 Å². The number of aromatic nitrogens is 2. The van der Waals surface area contributed by atoms with E-state index >= 15 is 0 Å². The molecule has 152 valence electrons. The SMILES string of the molecule is CCc1ccc(S(=O)(=O)N2CCC(c3nnc(CC4CCCC4)s3)CC2)cc1. The van der Waals surface area contributed by atoms with Crippen molar-refractivity contribution in [3.63, 3.8) is 0 Å². The maximum absolute atomic E-state index is 12.9. The zero-order valence-electron chi connectivity index (χ0n) is 16.5. The molecule has 0 bridgehead atoms. The molecule has 1 saturated carbocycles. The molecule has 2 heterocycles. The lowest BCUT2D eigenvalue weighted by Crippen LogP contribution is -2.37. The zero-order chi connectivity index (χ0) is 19.6. The van der Waals surface area contributed by atoms with Crippen molar-refractivity contribution in [3.05, 3.63) is 39.8 Å². The summed E-state index contributed by atoms with van der Waals surface area (Å²) < 4.78 is 27.5. The standard InChI is InChI=1S/C21H29N3O2S2/c1-2-16-7-9-19(10-8-16)28(25,26)24-13-11-18(12-14-24)21-23-22-20(27-21)15-17-5-3-4-6-17/h7-10,17-18H,2-6,11-15H2,1H3. The lowest BCUT2D eigenvalue weighted by Gasteiger charge is -2.30. The van der Waals surface area contributed by atoms with E-state index in [1.54, 1.807) is 27.8 Å². The van der Waals surface area contributed by atoms with Crippen LogP contribution in [-0.4, -0.2) is 36.0 Å². The monoisotopic (exact) mass is 419 g/mol. The van der Waals surface area contributed by atoms with Gasteiger partial charge in [0, 0.05) is 25.4 Å². The van der Waals surface area contributed by atoms with Crippen LogP contribution in [0.25, 0.3) is 0 Å². The Morgan fingerprint density at radius 2 is 1.71 bits per heavy atom. The lowest BCUT2D eigenvalue weighted by atomic mass is 9.99. The Morgan fingerprint density at radius 1 is 1.04 bits per heavy atom. The topological polar surface area (TPSA) is 63.2 Å². The predicted octanol–water partition coefficient (Wildman–Crippen LogP) is 4.40. The molecule has 0 radical (unpaired) electrons. The smallest absolute Gasteiger partial charge is 0.207 e. The Bertz CT molecular complexity index is 879. The first-order valence-corrected chi connectivity index (χ1v) is 12.7. The van der Waals surface area contributed by atoms with Gasteiger partial charge in [-0.05, 0) is 42.9 Å². The summed E-state index contributed by atoms with van der Waals surface area (Å²) in [4.78, 5) is 0.401. The molecule has 1 aromatic heterocycles. The summed E-state index contributed by atoms with van der Waals surface area (Å²) in [5, 5.41) is 11.1. The van der Waals surface area contributed by atoms with E-state index < -0.39 is 10.0 Å². The first-order valence-electron chi connectivity index (χ1n) is 10.5. The van der Waals surface area contributed by atoms with Crippen molar-refractivity contribution in [1.82, 2.24) is 14.5 Å². The minimum Gasteiger partial charge on any atom is -0.207 e. The van der Waals surface area contributed by atoms with E-state index in [9.17, 15) is 8.42 Å². The van der Waals surface area contributed by atoms with Gasteiger partial charge in [-0.25, -0.2) is 8.42 Å². The third-order valence-corrected chi connectivity index (χ3v) is 9.21. The van der Waals surface area contributed by atoms with Gasteiger partial charge in [-0.2, -0.15) is 4.31 Å². The van der Waals surface area contributed by atoms with Crippen LogP contribution >= 0.6 is 11.3 Å². The second-order valence-corrected chi connectivity index (χ2v) is 11.1. The van der Waals surface area contributed by atoms with Crippen molar-refractivity contribution in [2.24, 2.45) is 5.92 Å². The fourth-order valence-electron chi connectivity index (χ4n) is 4.36. The molecule has 2 aromatic rings. The van der Waals surface area contributed by atoms with Gasteiger partial charge < -0.3 is 0 Å². The summed E-state index contributed by atoms with van der Waals surface area (Å²) in [6, 6.07) is 7.29. The van der Waals surface area contributed by atoms with Gasteiger partial charge in [0.1, 0.15) is 10.0 Å². The number of piperidine rings is 1. The molecule has 2 aliphatic rings. The largest absolute Gasteiger partial charge is 0.243 e. The van der Waals surface area contributed by atoms with E-state index in [4.69, 9.17) is 0 Å². The number of hydrogen-bond acceptors (Lipinski definition) is 5. The van der Waals surface area contributed by atoms with Crippen LogP contribution in [0, 0.1) is 5.92 Å². The van der Waals surface area contributed by atoms with Crippen molar-refractivity contribution in [2.75, 3.05) is 13.1 Å². The molecule has 1 aliphatic carbocycles. The highest BCUT2D eigenvalue weighted by Gasteiger charge is 2.31. The van der Waals surface area contributed by atoms with Gasteiger partial charge in [-0.15, -0.1) is 21.5 Å². The van der Waals surface area contributed by atoms with Crippen LogP contribution in [0.1, 0.15) is 66.9 Å². The fraction of sp³-hybridized carbons (Fsp3) is 0.619. The molecule has 0 N–H and O–H groups in total. The summed E-state index contributed by atoms with van der Waals surface area (Å²) in [5.74, 6) is 1.12. The summed E-state index contributed by atoms with van der Waals surface area (Å²) in [6.07, 6.45) is 8.98. The number of sulfonamides is 1.